The summed E-state index contributed by atoms with van der Waals surface area (Å²) in [6.07, 6.45) is 3.73. The van der Waals surface area contributed by atoms with E-state index in [4.69, 9.17) is 0 Å². The van der Waals surface area contributed by atoms with Gasteiger partial charge in [-0.1, -0.05) is 6.07 Å². The predicted molar refractivity (Wildman–Crippen MR) is 96.8 cm³/mol. The Morgan fingerprint density at radius 3 is 2.73 bits per heavy atom. The second-order valence-corrected chi connectivity index (χ2v) is 6.28. The van der Waals surface area contributed by atoms with Crippen molar-refractivity contribution in [3.63, 3.8) is 0 Å². The normalized spacial score (nSPS) is 14.2. The van der Waals surface area contributed by atoms with Crippen LogP contribution in [0.3, 0.4) is 0 Å². The third kappa shape index (κ3) is 5.52. The van der Waals surface area contributed by atoms with Gasteiger partial charge in [-0.2, -0.15) is 5.10 Å². The van der Waals surface area contributed by atoms with E-state index >= 15 is 0 Å². The molecule has 1 unspecified atom stereocenters. The van der Waals surface area contributed by atoms with Gasteiger partial charge >= 0.3 is 0 Å². The maximum absolute atomic E-state index is 13.7. The number of benzene rings is 1. The zero-order chi connectivity index (χ0) is 19.2. The SMILES string of the molecule is CCNC(=NCC(C)(O)c1cnn(C)c1)NCCc1ccc(F)cc1F. The lowest BCUT2D eigenvalue weighted by molar-refractivity contribution is 0.0672. The van der Waals surface area contributed by atoms with Crippen LogP contribution in [0.4, 0.5) is 8.78 Å². The van der Waals surface area contributed by atoms with Crippen molar-refractivity contribution in [1.82, 2.24) is 20.4 Å². The van der Waals surface area contributed by atoms with E-state index in [1.807, 2.05) is 6.92 Å². The largest absolute Gasteiger partial charge is 0.383 e. The van der Waals surface area contributed by atoms with Crippen molar-refractivity contribution in [2.75, 3.05) is 19.6 Å². The summed E-state index contributed by atoms with van der Waals surface area (Å²) in [5.41, 5.74) is -0.0512. The molecule has 2 rings (SSSR count). The summed E-state index contributed by atoms with van der Waals surface area (Å²) >= 11 is 0. The second kappa shape index (κ2) is 8.75. The zero-order valence-electron chi connectivity index (χ0n) is 15.3. The van der Waals surface area contributed by atoms with Gasteiger partial charge in [-0.05, 0) is 31.9 Å². The summed E-state index contributed by atoms with van der Waals surface area (Å²) in [7, 11) is 1.78. The number of rotatable bonds is 7. The van der Waals surface area contributed by atoms with Crippen LogP contribution < -0.4 is 10.6 Å². The van der Waals surface area contributed by atoms with Gasteiger partial charge in [0, 0.05) is 38.0 Å². The van der Waals surface area contributed by atoms with Crippen molar-refractivity contribution in [3.05, 3.63) is 53.4 Å². The maximum Gasteiger partial charge on any atom is 0.191 e. The Kier molecular flexibility index (Phi) is 6.68. The number of aliphatic hydroxyl groups is 1. The first-order valence-electron chi connectivity index (χ1n) is 8.49. The second-order valence-electron chi connectivity index (χ2n) is 6.28. The highest BCUT2D eigenvalue weighted by atomic mass is 19.1. The molecule has 0 bridgehead atoms. The van der Waals surface area contributed by atoms with Crippen LogP contribution in [0.2, 0.25) is 0 Å². The molecule has 0 aliphatic rings. The smallest absolute Gasteiger partial charge is 0.191 e. The molecule has 0 aliphatic carbocycles. The highest BCUT2D eigenvalue weighted by Crippen LogP contribution is 2.19. The van der Waals surface area contributed by atoms with Crippen LogP contribution >= 0.6 is 0 Å². The molecule has 8 heteroatoms. The van der Waals surface area contributed by atoms with Gasteiger partial charge in [0.25, 0.3) is 0 Å². The van der Waals surface area contributed by atoms with Crippen molar-refractivity contribution < 1.29 is 13.9 Å². The molecule has 142 valence electrons. The molecule has 3 N–H and O–H groups in total. The highest BCUT2D eigenvalue weighted by Gasteiger charge is 2.24. The standard InChI is InChI=1S/C18H25F2N5O/c1-4-21-17(22-8-7-13-5-6-15(19)9-16(13)20)23-12-18(2,26)14-10-24-25(3)11-14/h5-6,9-11,26H,4,7-8,12H2,1-3H3,(H2,21,22,23). The fourth-order valence-electron chi connectivity index (χ4n) is 2.41. The Hall–Kier alpha value is -2.48. The van der Waals surface area contributed by atoms with Gasteiger partial charge in [-0.25, -0.2) is 13.8 Å². The first-order chi connectivity index (χ1) is 12.3. The van der Waals surface area contributed by atoms with Crippen LogP contribution in [0.5, 0.6) is 0 Å². The molecule has 26 heavy (non-hydrogen) atoms. The quantitative estimate of drug-likeness (QED) is 0.516. The number of halogens is 2. The van der Waals surface area contributed by atoms with E-state index in [0.29, 0.717) is 36.6 Å². The van der Waals surface area contributed by atoms with E-state index in [1.54, 1.807) is 31.0 Å². The first-order valence-corrected chi connectivity index (χ1v) is 8.49. The van der Waals surface area contributed by atoms with Gasteiger partial charge in [-0.3, -0.25) is 4.68 Å². The number of aliphatic imine (C=N–C) groups is 1. The molecular weight excluding hydrogens is 340 g/mol. The van der Waals surface area contributed by atoms with Crippen LogP contribution in [-0.4, -0.2) is 40.5 Å². The Labute approximate surface area is 152 Å². The van der Waals surface area contributed by atoms with Crippen molar-refractivity contribution >= 4 is 5.96 Å². The molecule has 1 aromatic heterocycles. The van der Waals surface area contributed by atoms with Crippen LogP contribution in [0, 0.1) is 11.6 Å². The lowest BCUT2D eigenvalue weighted by Gasteiger charge is -2.20. The molecule has 0 saturated carbocycles. The van der Waals surface area contributed by atoms with Gasteiger partial charge in [0.15, 0.2) is 5.96 Å². The Balaban J connectivity index is 1.95. The topological polar surface area (TPSA) is 74.5 Å². The number of aryl methyl sites for hydroxylation is 1. The number of hydrogen-bond acceptors (Lipinski definition) is 3. The van der Waals surface area contributed by atoms with Crippen molar-refractivity contribution in [3.8, 4) is 0 Å². The molecule has 1 heterocycles. The van der Waals surface area contributed by atoms with E-state index < -0.39 is 17.2 Å². The molecule has 0 aliphatic heterocycles. The summed E-state index contributed by atoms with van der Waals surface area (Å²) in [6, 6.07) is 3.55. The van der Waals surface area contributed by atoms with E-state index in [1.165, 1.54) is 12.1 Å². The Morgan fingerprint density at radius 1 is 1.35 bits per heavy atom. The summed E-state index contributed by atoms with van der Waals surface area (Å²) in [5, 5.41) is 20.8. The summed E-state index contributed by atoms with van der Waals surface area (Å²) < 4.78 is 28.2. The third-order valence-electron chi connectivity index (χ3n) is 3.92. The third-order valence-corrected chi connectivity index (χ3v) is 3.92. The van der Waals surface area contributed by atoms with E-state index in [2.05, 4.69) is 20.7 Å². The van der Waals surface area contributed by atoms with Gasteiger partial charge in [-0.15, -0.1) is 0 Å². The molecule has 2 aromatic rings. The molecule has 6 nitrogen and oxygen atoms in total. The van der Waals surface area contributed by atoms with Gasteiger partial charge in [0.05, 0.1) is 12.7 Å². The molecule has 0 spiro atoms. The average molecular weight is 365 g/mol. The molecular formula is C18H25F2N5O. The van der Waals surface area contributed by atoms with Crippen molar-refractivity contribution in [2.45, 2.75) is 25.9 Å². The van der Waals surface area contributed by atoms with Crippen molar-refractivity contribution in [2.24, 2.45) is 12.0 Å². The van der Waals surface area contributed by atoms with Gasteiger partial charge < -0.3 is 15.7 Å². The first kappa shape index (κ1) is 19.8. The highest BCUT2D eigenvalue weighted by molar-refractivity contribution is 5.79. The molecule has 1 aromatic carbocycles. The van der Waals surface area contributed by atoms with Gasteiger partial charge in [0.1, 0.15) is 17.2 Å². The van der Waals surface area contributed by atoms with Gasteiger partial charge in [0.2, 0.25) is 0 Å². The molecule has 0 saturated heterocycles. The number of nitrogens with zero attached hydrogens (tertiary/aromatic N) is 3. The monoisotopic (exact) mass is 365 g/mol. The van der Waals surface area contributed by atoms with Crippen LogP contribution in [0.25, 0.3) is 0 Å². The van der Waals surface area contributed by atoms with E-state index in [0.717, 1.165) is 6.07 Å². The zero-order valence-corrected chi connectivity index (χ0v) is 15.3. The minimum Gasteiger partial charge on any atom is -0.383 e. The summed E-state index contributed by atoms with van der Waals surface area (Å²) in [4.78, 5) is 4.39. The minimum absolute atomic E-state index is 0.138. The van der Waals surface area contributed by atoms with E-state index in [9.17, 15) is 13.9 Å². The molecule has 1 atom stereocenters. The number of nitrogens with one attached hydrogen (secondary N) is 2. The summed E-state index contributed by atoms with van der Waals surface area (Å²) in [5.74, 6) is -0.640. The maximum atomic E-state index is 13.7. The fraction of sp³-hybridized carbons (Fsp3) is 0.444. The Morgan fingerprint density at radius 2 is 2.12 bits per heavy atom. The number of hydrogen-bond donors (Lipinski definition) is 3. The van der Waals surface area contributed by atoms with Crippen LogP contribution in [0.1, 0.15) is 25.0 Å². The fourth-order valence-corrected chi connectivity index (χ4v) is 2.41. The molecule has 0 fully saturated rings. The van der Waals surface area contributed by atoms with Crippen molar-refractivity contribution in [1.29, 1.82) is 0 Å². The molecule has 0 amide bonds. The number of aromatic nitrogens is 2. The number of guanidine groups is 1. The van der Waals surface area contributed by atoms with Crippen LogP contribution in [0.15, 0.2) is 35.6 Å². The lowest BCUT2D eigenvalue weighted by atomic mass is 10.0. The average Bonchev–Trinajstić information content (AvgIpc) is 3.02. The minimum atomic E-state index is -1.15. The van der Waals surface area contributed by atoms with E-state index in [-0.39, 0.29) is 6.54 Å². The summed E-state index contributed by atoms with van der Waals surface area (Å²) in [6.45, 7) is 4.80. The Bertz CT molecular complexity index is 758. The molecule has 0 radical (unpaired) electrons. The predicted octanol–water partition coefficient (Wildman–Crippen LogP) is 1.70. The van der Waals surface area contributed by atoms with Crippen LogP contribution in [-0.2, 0) is 19.1 Å². The lowest BCUT2D eigenvalue weighted by Crippen LogP contribution is -2.39.